The number of nitrogens with one attached hydrogen (secondary N) is 3. The molecular formula is C31H29N3O5. The van der Waals surface area contributed by atoms with Gasteiger partial charge in [0.1, 0.15) is 18.2 Å². The Hall–Kier alpha value is -4.72. The third-order valence-electron chi connectivity index (χ3n) is 7.52. The smallest absolute Gasteiger partial charge is 0.270 e. The number of hydrogen-bond donors (Lipinski definition) is 3. The van der Waals surface area contributed by atoms with Crippen molar-refractivity contribution in [3.63, 3.8) is 0 Å². The second kappa shape index (κ2) is 10.2. The Balaban J connectivity index is 1.32. The summed E-state index contributed by atoms with van der Waals surface area (Å²) in [5.74, 6) is 2.09. The van der Waals surface area contributed by atoms with Crippen molar-refractivity contribution in [2.75, 3.05) is 19.5 Å². The molecule has 1 aliphatic heterocycles. The summed E-state index contributed by atoms with van der Waals surface area (Å²) < 4.78 is 16.8. The van der Waals surface area contributed by atoms with E-state index in [0.717, 1.165) is 28.1 Å². The van der Waals surface area contributed by atoms with Crippen LogP contribution in [0.4, 0.5) is 5.82 Å². The van der Waals surface area contributed by atoms with Crippen molar-refractivity contribution >= 4 is 11.6 Å². The molecule has 3 N–H and O–H groups in total. The van der Waals surface area contributed by atoms with Crippen molar-refractivity contribution in [2.24, 2.45) is 0 Å². The Bertz CT molecular complexity index is 1600. The van der Waals surface area contributed by atoms with Gasteiger partial charge in [0.25, 0.3) is 5.56 Å². The zero-order chi connectivity index (χ0) is 26.9. The first-order valence-corrected chi connectivity index (χ1v) is 12.9. The summed E-state index contributed by atoms with van der Waals surface area (Å²) in [7, 11) is 3.20. The highest BCUT2D eigenvalue weighted by Gasteiger charge is 2.40. The van der Waals surface area contributed by atoms with E-state index in [-0.39, 0.29) is 17.3 Å². The Morgan fingerprint density at radius 1 is 0.821 bits per heavy atom. The number of Topliss-reactive ketones (excluding diaryl/α,β-unsaturated/α-hetero) is 1. The summed E-state index contributed by atoms with van der Waals surface area (Å²) in [5, 5.41) is 8.99. The summed E-state index contributed by atoms with van der Waals surface area (Å²) in [5.41, 5.74) is 4.68. The van der Waals surface area contributed by atoms with E-state index >= 15 is 0 Å². The molecule has 0 fully saturated rings. The molecule has 8 nitrogen and oxygen atoms in total. The van der Waals surface area contributed by atoms with E-state index in [1.54, 1.807) is 14.2 Å². The van der Waals surface area contributed by atoms with E-state index in [2.05, 4.69) is 15.5 Å². The molecule has 0 saturated heterocycles. The molecule has 4 aromatic rings. The molecule has 2 unspecified atom stereocenters. The number of ketones is 1. The van der Waals surface area contributed by atoms with Gasteiger partial charge in [-0.2, -0.15) is 0 Å². The average Bonchev–Trinajstić information content (AvgIpc) is 3.35. The number of H-pyrrole nitrogens is 2. The van der Waals surface area contributed by atoms with Crippen LogP contribution in [0.5, 0.6) is 17.2 Å². The van der Waals surface area contributed by atoms with Crippen molar-refractivity contribution in [2.45, 2.75) is 31.3 Å². The van der Waals surface area contributed by atoms with E-state index in [1.165, 1.54) is 0 Å². The van der Waals surface area contributed by atoms with Crippen LogP contribution in [0.25, 0.3) is 0 Å². The molecule has 0 bridgehead atoms. The number of aromatic nitrogens is 2. The van der Waals surface area contributed by atoms with Gasteiger partial charge in [0, 0.05) is 23.6 Å². The minimum Gasteiger partial charge on any atom is -0.493 e. The van der Waals surface area contributed by atoms with E-state index in [0.29, 0.717) is 47.9 Å². The molecular weight excluding hydrogens is 494 g/mol. The SMILES string of the molecule is COc1ccc(C2CC(=O)C3=C(C2)Nc2[nH][nH]c(=O)c2C3c2ccc(OCc3ccccc3)cc2)cc1OC. The van der Waals surface area contributed by atoms with E-state index in [9.17, 15) is 9.59 Å². The lowest BCUT2D eigenvalue weighted by Crippen LogP contribution is -2.31. The minimum absolute atomic E-state index is 0.0178. The summed E-state index contributed by atoms with van der Waals surface area (Å²) >= 11 is 0. The molecule has 0 amide bonds. The first-order valence-electron chi connectivity index (χ1n) is 12.9. The number of benzene rings is 3. The quantitative estimate of drug-likeness (QED) is 0.305. The van der Waals surface area contributed by atoms with Crippen molar-refractivity contribution in [1.29, 1.82) is 0 Å². The molecule has 198 valence electrons. The van der Waals surface area contributed by atoms with Crippen molar-refractivity contribution < 1.29 is 19.0 Å². The van der Waals surface area contributed by atoms with Gasteiger partial charge in [-0.25, -0.2) is 0 Å². The zero-order valence-corrected chi connectivity index (χ0v) is 21.7. The summed E-state index contributed by atoms with van der Waals surface area (Å²) in [6.45, 7) is 0.459. The average molecular weight is 524 g/mol. The molecule has 2 heterocycles. The zero-order valence-electron chi connectivity index (χ0n) is 21.7. The maximum atomic E-state index is 13.7. The van der Waals surface area contributed by atoms with Gasteiger partial charge in [-0.1, -0.05) is 48.5 Å². The number of carbonyl (C=O) groups is 1. The first kappa shape index (κ1) is 24.6. The fourth-order valence-electron chi connectivity index (χ4n) is 5.59. The van der Waals surface area contributed by atoms with Gasteiger partial charge in [0.15, 0.2) is 17.3 Å². The molecule has 8 heteroatoms. The van der Waals surface area contributed by atoms with Crippen LogP contribution in [0.2, 0.25) is 0 Å². The molecule has 3 aromatic carbocycles. The molecule has 0 radical (unpaired) electrons. The normalized spacial score (nSPS) is 18.2. The standard InChI is InChI=1S/C31H29N3O5/c1-37-25-13-10-20(16-26(25)38-2)21-14-23-28(24(35)15-21)27(29-30(32-23)33-34-31(29)36)19-8-11-22(12-9-19)39-17-18-6-4-3-5-7-18/h3-13,16,21,27H,14-15,17H2,1-2H3,(H3,32,33,34,36). The van der Waals surface area contributed by atoms with Gasteiger partial charge in [-0.3, -0.25) is 19.8 Å². The van der Waals surface area contributed by atoms with E-state index in [4.69, 9.17) is 14.2 Å². The first-order chi connectivity index (χ1) is 19.1. The Kier molecular flexibility index (Phi) is 6.44. The highest BCUT2D eigenvalue weighted by Crippen LogP contribution is 2.47. The Morgan fingerprint density at radius 3 is 2.31 bits per heavy atom. The third kappa shape index (κ3) is 4.58. The number of hydrogen-bond acceptors (Lipinski definition) is 6. The number of fused-ring (bicyclic) bond motifs is 1. The molecule has 6 rings (SSSR count). The lowest BCUT2D eigenvalue weighted by atomic mass is 9.73. The maximum absolute atomic E-state index is 13.7. The van der Waals surface area contributed by atoms with Gasteiger partial charge in [0.05, 0.1) is 19.8 Å². The van der Waals surface area contributed by atoms with Gasteiger partial charge < -0.3 is 19.5 Å². The fourth-order valence-corrected chi connectivity index (χ4v) is 5.59. The lowest BCUT2D eigenvalue weighted by Gasteiger charge is -2.34. The predicted octanol–water partition coefficient (Wildman–Crippen LogP) is 5.26. The summed E-state index contributed by atoms with van der Waals surface area (Å²) in [6.07, 6.45) is 0.959. The summed E-state index contributed by atoms with van der Waals surface area (Å²) in [4.78, 5) is 26.6. The lowest BCUT2D eigenvalue weighted by molar-refractivity contribution is -0.116. The molecule has 0 saturated carbocycles. The fraction of sp³-hybridized carbons (Fsp3) is 0.226. The third-order valence-corrected chi connectivity index (χ3v) is 7.52. The topological polar surface area (TPSA) is 105 Å². The van der Waals surface area contributed by atoms with Gasteiger partial charge >= 0.3 is 0 Å². The van der Waals surface area contributed by atoms with Crippen molar-refractivity contribution in [3.8, 4) is 17.2 Å². The molecule has 39 heavy (non-hydrogen) atoms. The Labute approximate surface area is 225 Å². The number of methoxy groups -OCH3 is 2. The van der Waals surface area contributed by atoms with Crippen molar-refractivity contribution in [1.82, 2.24) is 10.2 Å². The van der Waals surface area contributed by atoms with Crippen LogP contribution in [0.15, 0.2) is 88.9 Å². The highest BCUT2D eigenvalue weighted by atomic mass is 16.5. The van der Waals surface area contributed by atoms with Gasteiger partial charge in [-0.05, 0) is 53.3 Å². The Morgan fingerprint density at radius 2 is 1.56 bits per heavy atom. The van der Waals surface area contributed by atoms with E-state index in [1.807, 2.05) is 72.8 Å². The number of aromatic amines is 2. The van der Waals surface area contributed by atoms with Crippen LogP contribution in [0.3, 0.4) is 0 Å². The van der Waals surface area contributed by atoms with Crippen LogP contribution in [-0.2, 0) is 11.4 Å². The van der Waals surface area contributed by atoms with Crippen LogP contribution in [-0.4, -0.2) is 30.2 Å². The second-order valence-electron chi connectivity index (χ2n) is 9.80. The summed E-state index contributed by atoms with van der Waals surface area (Å²) in [6, 6.07) is 23.4. The highest BCUT2D eigenvalue weighted by molar-refractivity contribution is 6.01. The van der Waals surface area contributed by atoms with E-state index < -0.39 is 5.92 Å². The molecule has 1 aromatic heterocycles. The second-order valence-corrected chi connectivity index (χ2v) is 9.80. The number of carbonyl (C=O) groups excluding carboxylic acids is 1. The van der Waals surface area contributed by atoms with Gasteiger partial charge in [0.2, 0.25) is 0 Å². The molecule has 1 aliphatic carbocycles. The van der Waals surface area contributed by atoms with Gasteiger partial charge in [-0.15, -0.1) is 0 Å². The van der Waals surface area contributed by atoms with Crippen LogP contribution >= 0.6 is 0 Å². The maximum Gasteiger partial charge on any atom is 0.270 e. The largest absolute Gasteiger partial charge is 0.493 e. The minimum atomic E-state index is -0.478. The number of allylic oxidation sites excluding steroid dienone is 2. The van der Waals surface area contributed by atoms with Crippen LogP contribution < -0.4 is 25.1 Å². The number of ether oxygens (including phenoxy) is 3. The monoisotopic (exact) mass is 523 g/mol. The molecule has 0 spiro atoms. The van der Waals surface area contributed by atoms with Crippen molar-refractivity contribution in [3.05, 3.63) is 117 Å². The molecule has 2 aliphatic rings. The number of anilines is 1. The predicted molar refractivity (Wildman–Crippen MR) is 148 cm³/mol. The molecule has 2 atom stereocenters. The van der Waals surface area contributed by atoms with Crippen LogP contribution in [0.1, 0.15) is 46.9 Å². The number of rotatable bonds is 7. The van der Waals surface area contributed by atoms with Crippen LogP contribution in [0, 0.1) is 0 Å².